The van der Waals surface area contributed by atoms with Crippen molar-refractivity contribution >= 4 is 31.9 Å². The molecule has 21 heavy (non-hydrogen) atoms. The van der Waals surface area contributed by atoms with Gasteiger partial charge in [0.2, 0.25) is 0 Å². The first-order chi connectivity index (χ1) is 10.1. The van der Waals surface area contributed by atoms with Crippen LogP contribution in [0, 0.1) is 0 Å². The first-order valence-corrected chi connectivity index (χ1v) is 8.11. The van der Waals surface area contributed by atoms with Crippen molar-refractivity contribution in [2.24, 2.45) is 0 Å². The van der Waals surface area contributed by atoms with Gasteiger partial charge >= 0.3 is 0 Å². The van der Waals surface area contributed by atoms with Gasteiger partial charge in [-0.25, -0.2) is 0 Å². The van der Waals surface area contributed by atoms with Crippen molar-refractivity contribution in [2.75, 3.05) is 14.2 Å². The fourth-order valence-electron chi connectivity index (χ4n) is 1.92. The number of ether oxygens (including phenoxy) is 2. The average Bonchev–Trinajstić information content (AvgIpc) is 2.49. The molecule has 0 radical (unpaired) electrons. The summed E-state index contributed by atoms with van der Waals surface area (Å²) in [6, 6.07) is 11.8. The summed E-state index contributed by atoms with van der Waals surface area (Å²) in [6.45, 7) is 1.28. The molecule has 2 aromatic carbocycles. The molecule has 0 bridgehead atoms. The highest BCUT2D eigenvalue weighted by molar-refractivity contribution is 9.10. The molecule has 0 aliphatic carbocycles. The van der Waals surface area contributed by atoms with E-state index < -0.39 is 0 Å². The number of rotatable bonds is 6. The summed E-state index contributed by atoms with van der Waals surface area (Å²) in [5.74, 6) is 1.67. The number of hydrogen-bond donors (Lipinski definition) is 1. The molecule has 0 atom stereocenters. The molecule has 0 saturated carbocycles. The average molecular weight is 415 g/mol. The number of nitrogens with one attached hydrogen (secondary N) is 1. The van der Waals surface area contributed by atoms with Gasteiger partial charge in [0.15, 0.2) is 0 Å². The van der Waals surface area contributed by atoms with Gasteiger partial charge < -0.3 is 14.8 Å². The van der Waals surface area contributed by atoms with Crippen LogP contribution in [0.15, 0.2) is 45.3 Å². The third-order valence-electron chi connectivity index (χ3n) is 3.03. The summed E-state index contributed by atoms with van der Waals surface area (Å²) in [5.41, 5.74) is 2.21. The molecule has 112 valence electrons. The summed E-state index contributed by atoms with van der Waals surface area (Å²) in [4.78, 5) is 0. The lowest BCUT2D eigenvalue weighted by atomic mass is 10.2. The molecule has 3 nitrogen and oxygen atoms in total. The highest BCUT2D eigenvalue weighted by atomic mass is 79.9. The second-order valence-electron chi connectivity index (χ2n) is 4.53. The monoisotopic (exact) mass is 413 g/mol. The molecular weight excluding hydrogens is 398 g/mol. The first kappa shape index (κ1) is 16.3. The van der Waals surface area contributed by atoms with Crippen molar-refractivity contribution in [2.45, 2.75) is 13.2 Å². The van der Waals surface area contributed by atoms with Crippen molar-refractivity contribution in [3.8, 4) is 11.5 Å². The van der Waals surface area contributed by atoms with Crippen LogP contribution in [0.3, 0.4) is 0 Å². The molecule has 0 spiro atoms. The fourth-order valence-corrected chi connectivity index (χ4v) is 2.66. The van der Waals surface area contributed by atoms with Crippen LogP contribution in [0.4, 0.5) is 0 Å². The van der Waals surface area contributed by atoms with Gasteiger partial charge in [-0.15, -0.1) is 0 Å². The van der Waals surface area contributed by atoms with Crippen molar-refractivity contribution < 1.29 is 9.47 Å². The zero-order chi connectivity index (χ0) is 15.2. The third-order valence-corrected chi connectivity index (χ3v) is 4.58. The minimum atomic E-state index is 0.485. The minimum Gasteiger partial charge on any atom is -0.497 e. The predicted molar refractivity (Wildman–Crippen MR) is 91.9 cm³/mol. The van der Waals surface area contributed by atoms with E-state index >= 15 is 0 Å². The molecule has 0 aromatic heterocycles. The van der Waals surface area contributed by atoms with Gasteiger partial charge in [0.1, 0.15) is 18.1 Å². The second kappa shape index (κ2) is 7.82. The maximum Gasteiger partial charge on any atom is 0.120 e. The predicted octanol–water partition coefficient (Wildman–Crippen LogP) is 4.52. The molecular formula is C16H17Br2NO2. The number of methoxy groups -OCH3 is 1. The lowest BCUT2D eigenvalue weighted by Crippen LogP contribution is -2.06. The second-order valence-corrected chi connectivity index (χ2v) is 6.24. The third kappa shape index (κ3) is 4.46. The van der Waals surface area contributed by atoms with E-state index in [2.05, 4.69) is 37.2 Å². The Kier molecular flexibility index (Phi) is 6.08. The Labute approximate surface area is 141 Å². The van der Waals surface area contributed by atoms with E-state index in [9.17, 15) is 0 Å². The van der Waals surface area contributed by atoms with Gasteiger partial charge in [-0.2, -0.15) is 0 Å². The minimum absolute atomic E-state index is 0.485. The lowest BCUT2D eigenvalue weighted by Gasteiger charge is -2.11. The molecule has 2 rings (SSSR count). The van der Waals surface area contributed by atoms with E-state index in [-0.39, 0.29) is 0 Å². The molecule has 2 aromatic rings. The Balaban J connectivity index is 2.11. The summed E-state index contributed by atoms with van der Waals surface area (Å²) < 4.78 is 13.2. The highest BCUT2D eigenvalue weighted by Crippen LogP contribution is 2.26. The summed E-state index contributed by atoms with van der Waals surface area (Å²) >= 11 is 7.07. The van der Waals surface area contributed by atoms with Gasteiger partial charge in [-0.1, -0.05) is 31.9 Å². The van der Waals surface area contributed by atoms with Gasteiger partial charge in [0.25, 0.3) is 0 Å². The van der Waals surface area contributed by atoms with Crippen LogP contribution in [0.5, 0.6) is 11.5 Å². The van der Waals surface area contributed by atoms with Crippen molar-refractivity contribution in [3.63, 3.8) is 0 Å². The van der Waals surface area contributed by atoms with Crippen molar-refractivity contribution in [1.29, 1.82) is 0 Å². The Bertz CT molecular complexity index is 617. The number of hydrogen-bond acceptors (Lipinski definition) is 3. The molecule has 0 saturated heterocycles. The van der Waals surface area contributed by atoms with Crippen LogP contribution >= 0.6 is 31.9 Å². The molecule has 0 aliphatic heterocycles. The van der Waals surface area contributed by atoms with Crippen LogP contribution < -0.4 is 14.8 Å². The smallest absolute Gasteiger partial charge is 0.120 e. The Morgan fingerprint density at radius 1 is 0.952 bits per heavy atom. The van der Waals surface area contributed by atoms with Crippen LogP contribution in [0.1, 0.15) is 11.1 Å². The van der Waals surface area contributed by atoms with Crippen LogP contribution in [-0.2, 0) is 13.2 Å². The van der Waals surface area contributed by atoms with Gasteiger partial charge in [-0.3, -0.25) is 0 Å². The highest BCUT2D eigenvalue weighted by Gasteiger charge is 2.05. The summed E-state index contributed by atoms with van der Waals surface area (Å²) in [6.07, 6.45) is 0. The fraction of sp³-hybridized carbons (Fsp3) is 0.250. The number of halogens is 2. The van der Waals surface area contributed by atoms with Gasteiger partial charge in [-0.05, 0) is 49.0 Å². The van der Waals surface area contributed by atoms with Crippen molar-refractivity contribution in [1.82, 2.24) is 5.32 Å². The van der Waals surface area contributed by atoms with Crippen molar-refractivity contribution in [3.05, 3.63) is 56.5 Å². The van der Waals surface area contributed by atoms with E-state index in [4.69, 9.17) is 9.47 Å². The molecule has 0 unspecified atom stereocenters. The number of benzene rings is 2. The standard InChI is InChI=1S/C16H17Br2NO2/c1-19-9-11-7-14(4-6-15(11)17)21-10-12-8-13(20-2)3-5-16(12)18/h3-8,19H,9-10H2,1-2H3. The topological polar surface area (TPSA) is 30.5 Å². The Morgan fingerprint density at radius 2 is 1.57 bits per heavy atom. The SMILES string of the molecule is CNCc1cc(OCc2cc(OC)ccc2Br)ccc1Br. The maximum absolute atomic E-state index is 5.88. The molecule has 0 fully saturated rings. The molecule has 0 heterocycles. The normalized spacial score (nSPS) is 10.5. The van der Waals surface area contributed by atoms with E-state index in [0.29, 0.717) is 6.61 Å². The van der Waals surface area contributed by atoms with Gasteiger partial charge in [0, 0.05) is 21.1 Å². The Morgan fingerprint density at radius 3 is 2.24 bits per heavy atom. The van der Waals surface area contributed by atoms with E-state index in [1.165, 1.54) is 5.56 Å². The summed E-state index contributed by atoms with van der Waals surface area (Å²) in [7, 11) is 3.58. The van der Waals surface area contributed by atoms with E-state index in [1.807, 2.05) is 43.4 Å². The molecule has 5 heteroatoms. The quantitative estimate of drug-likeness (QED) is 0.753. The molecule has 1 N–H and O–H groups in total. The largest absolute Gasteiger partial charge is 0.497 e. The zero-order valence-corrected chi connectivity index (χ0v) is 15.1. The Hall–Kier alpha value is -1.04. The summed E-state index contributed by atoms with van der Waals surface area (Å²) in [5, 5.41) is 3.14. The first-order valence-electron chi connectivity index (χ1n) is 6.52. The molecule has 0 amide bonds. The van der Waals surface area contributed by atoms with Gasteiger partial charge in [0.05, 0.1) is 7.11 Å². The lowest BCUT2D eigenvalue weighted by molar-refractivity contribution is 0.304. The van der Waals surface area contributed by atoms with Crippen LogP contribution in [-0.4, -0.2) is 14.2 Å². The molecule has 0 aliphatic rings. The van der Waals surface area contributed by atoms with Crippen LogP contribution in [0.2, 0.25) is 0 Å². The van der Waals surface area contributed by atoms with Crippen LogP contribution in [0.25, 0.3) is 0 Å². The van der Waals surface area contributed by atoms with E-state index in [1.54, 1.807) is 7.11 Å². The van der Waals surface area contributed by atoms with E-state index in [0.717, 1.165) is 32.6 Å². The zero-order valence-electron chi connectivity index (χ0n) is 12.0. The maximum atomic E-state index is 5.88.